The van der Waals surface area contributed by atoms with Crippen LogP contribution in [0.2, 0.25) is 0 Å². The van der Waals surface area contributed by atoms with Gasteiger partial charge in [0.1, 0.15) is 13.2 Å². The molecule has 1 atom stereocenters. The molecule has 71 heavy (non-hydrogen) atoms. The van der Waals surface area contributed by atoms with Crippen molar-refractivity contribution in [2.45, 2.75) is 322 Å². The average Bonchev–Trinajstić information content (AvgIpc) is 3.37. The Morgan fingerprint density at radius 2 is 0.521 bits per heavy atom. The molecule has 0 heterocycles. The summed E-state index contributed by atoms with van der Waals surface area (Å²) in [5.74, 6) is -0.885. The Morgan fingerprint density at radius 1 is 0.282 bits per heavy atom. The van der Waals surface area contributed by atoms with Gasteiger partial charge in [0.05, 0.1) is 0 Å². The maximum atomic E-state index is 12.9. The van der Waals surface area contributed by atoms with E-state index in [9.17, 15) is 14.4 Å². The Bertz CT molecular complexity index is 1280. The Labute approximate surface area is 440 Å². The smallest absolute Gasteiger partial charge is 0.306 e. The fourth-order valence-corrected chi connectivity index (χ4v) is 8.78. The van der Waals surface area contributed by atoms with Gasteiger partial charge < -0.3 is 14.2 Å². The minimum absolute atomic E-state index is 0.0793. The summed E-state index contributed by atoms with van der Waals surface area (Å²) in [6.45, 7) is 6.60. The van der Waals surface area contributed by atoms with Gasteiger partial charge in [0.2, 0.25) is 0 Å². The molecule has 0 bridgehead atoms. The van der Waals surface area contributed by atoms with E-state index in [4.69, 9.17) is 14.2 Å². The van der Waals surface area contributed by atoms with Gasteiger partial charge in [-0.2, -0.15) is 0 Å². The maximum absolute atomic E-state index is 12.9. The van der Waals surface area contributed by atoms with Crippen LogP contribution < -0.4 is 0 Å². The normalized spacial score (nSPS) is 12.4. The fraction of sp³-hybridized carbons (Fsp3) is 0.800. The molecule has 0 aromatic carbocycles. The molecule has 1 unspecified atom stereocenters. The van der Waals surface area contributed by atoms with E-state index in [2.05, 4.69) is 81.5 Å². The molecular formula is C65H116O6. The summed E-state index contributed by atoms with van der Waals surface area (Å²) < 4.78 is 16.9. The lowest BCUT2D eigenvalue weighted by Gasteiger charge is -2.18. The zero-order valence-corrected chi connectivity index (χ0v) is 47.2. The van der Waals surface area contributed by atoms with E-state index < -0.39 is 6.10 Å². The standard InChI is InChI=1S/C65H116O6/c1-4-7-10-13-16-19-22-24-26-28-29-30-31-32-33-34-35-37-38-40-43-46-49-52-55-58-64(67)70-61-62(60-69-63(66)57-54-51-48-45-42-21-18-15-12-9-6-3)71-65(68)59-56-53-50-47-44-41-39-36-27-25-23-20-17-14-11-8-5-2/h15,18,22,24-25,27-29,31-32,62H,4-14,16-17,19-21,23,26,30,33-61H2,1-3H3/b18-15-,24-22-,27-25-,29-28-,32-31-. The maximum Gasteiger partial charge on any atom is 0.306 e. The molecule has 6 heteroatoms. The lowest BCUT2D eigenvalue weighted by Crippen LogP contribution is -2.30. The second-order valence-electron chi connectivity index (χ2n) is 20.6. The van der Waals surface area contributed by atoms with Crippen molar-refractivity contribution >= 4 is 17.9 Å². The summed E-state index contributed by atoms with van der Waals surface area (Å²) in [6.07, 6.45) is 75.1. The topological polar surface area (TPSA) is 78.9 Å². The molecule has 6 nitrogen and oxygen atoms in total. The second kappa shape index (κ2) is 59.7. The largest absolute Gasteiger partial charge is 0.462 e. The van der Waals surface area contributed by atoms with Crippen molar-refractivity contribution in [3.05, 3.63) is 60.8 Å². The van der Waals surface area contributed by atoms with Crippen LogP contribution in [-0.4, -0.2) is 37.2 Å². The monoisotopic (exact) mass is 993 g/mol. The molecule has 0 N–H and O–H groups in total. The van der Waals surface area contributed by atoms with E-state index in [-0.39, 0.29) is 31.1 Å². The van der Waals surface area contributed by atoms with Gasteiger partial charge in [-0.1, -0.05) is 255 Å². The molecule has 0 spiro atoms. The zero-order chi connectivity index (χ0) is 51.4. The van der Waals surface area contributed by atoms with Crippen LogP contribution in [0.4, 0.5) is 0 Å². The Balaban J connectivity index is 4.27. The number of allylic oxidation sites excluding steroid dienone is 10. The number of hydrogen-bond donors (Lipinski definition) is 0. The Kier molecular flexibility index (Phi) is 57.2. The minimum Gasteiger partial charge on any atom is -0.462 e. The first-order valence-corrected chi connectivity index (χ1v) is 30.8. The first kappa shape index (κ1) is 68.1. The summed E-state index contributed by atoms with van der Waals surface area (Å²) >= 11 is 0. The summed E-state index contributed by atoms with van der Waals surface area (Å²) in [5.41, 5.74) is 0. The van der Waals surface area contributed by atoms with Crippen molar-refractivity contribution in [2.75, 3.05) is 13.2 Å². The van der Waals surface area contributed by atoms with E-state index in [0.29, 0.717) is 19.3 Å². The molecule has 0 aliphatic rings. The fourth-order valence-electron chi connectivity index (χ4n) is 8.78. The van der Waals surface area contributed by atoms with Crippen molar-refractivity contribution in [2.24, 2.45) is 0 Å². The van der Waals surface area contributed by atoms with Crippen LogP contribution in [0.5, 0.6) is 0 Å². The Hall–Kier alpha value is -2.89. The van der Waals surface area contributed by atoms with Crippen molar-refractivity contribution < 1.29 is 28.6 Å². The number of carbonyl (C=O) groups excluding carboxylic acids is 3. The van der Waals surface area contributed by atoms with E-state index in [1.807, 2.05) is 0 Å². The van der Waals surface area contributed by atoms with Crippen LogP contribution in [-0.2, 0) is 28.6 Å². The molecule has 0 rings (SSSR count). The van der Waals surface area contributed by atoms with Crippen molar-refractivity contribution in [3.63, 3.8) is 0 Å². The molecule has 412 valence electrons. The van der Waals surface area contributed by atoms with E-state index in [1.54, 1.807) is 0 Å². The lowest BCUT2D eigenvalue weighted by molar-refractivity contribution is -0.167. The van der Waals surface area contributed by atoms with Crippen LogP contribution in [0.1, 0.15) is 316 Å². The summed E-state index contributed by atoms with van der Waals surface area (Å²) in [4.78, 5) is 38.2. The van der Waals surface area contributed by atoms with Gasteiger partial charge in [0.25, 0.3) is 0 Å². The van der Waals surface area contributed by atoms with Crippen molar-refractivity contribution in [1.82, 2.24) is 0 Å². The molecule has 0 aliphatic heterocycles. The third-order valence-electron chi connectivity index (χ3n) is 13.5. The number of carbonyl (C=O) groups is 3. The molecule has 0 aliphatic carbocycles. The minimum atomic E-state index is -0.781. The van der Waals surface area contributed by atoms with Gasteiger partial charge in [-0.05, 0) is 103 Å². The highest BCUT2D eigenvalue weighted by Gasteiger charge is 2.19. The van der Waals surface area contributed by atoms with Gasteiger partial charge in [0, 0.05) is 19.3 Å². The van der Waals surface area contributed by atoms with Crippen LogP contribution in [0.3, 0.4) is 0 Å². The highest BCUT2D eigenvalue weighted by Crippen LogP contribution is 2.16. The predicted molar refractivity (Wildman–Crippen MR) is 307 cm³/mol. The molecule has 0 amide bonds. The summed E-state index contributed by atoms with van der Waals surface area (Å²) in [5, 5.41) is 0. The number of hydrogen-bond acceptors (Lipinski definition) is 6. The summed E-state index contributed by atoms with van der Waals surface area (Å²) in [7, 11) is 0. The quantitative estimate of drug-likeness (QED) is 0.0261. The van der Waals surface area contributed by atoms with Gasteiger partial charge in [-0.3, -0.25) is 14.4 Å². The third kappa shape index (κ3) is 57.9. The lowest BCUT2D eigenvalue weighted by atomic mass is 10.1. The highest BCUT2D eigenvalue weighted by molar-refractivity contribution is 5.71. The highest BCUT2D eigenvalue weighted by atomic mass is 16.6. The van der Waals surface area contributed by atoms with Gasteiger partial charge in [-0.15, -0.1) is 0 Å². The summed E-state index contributed by atoms with van der Waals surface area (Å²) in [6, 6.07) is 0. The molecule has 0 saturated heterocycles. The third-order valence-corrected chi connectivity index (χ3v) is 13.5. The molecule has 0 aromatic heterocycles. The van der Waals surface area contributed by atoms with Crippen LogP contribution in [0.25, 0.3) is 0 Å². The van der Waals surface area contributed by atoms with Gasteiger partial charge in [-0.25, -0.2) is 0 Å². The van der Waals surface area contributed by atoms with Crippen LogP contribution in [0.15, 0.2) is 60.8 Å². The van der Waals surface area contributed by atoms with Gasteiger partial charge >= 0.3 is 17.9 Å². The zero-order valence-electron chi connectivity index (χ0n) is 47.2. The second-order valence-corrected chi connectivity index (χ2v) is 20.6. The molecule has 0 fully saturated rings. The van der Waals surface area contributed by atoms with Crippen LogP contribution >= 0.6 is 0 Å². The Morgan fingerprint density at radius 3 is 0.845 bits per heavy atom. The molecule has 0 radical (unpaired) electrons. The SMILES string of the molecule is CCCC/C=C\CCCCCCCC(=O)OCC(COC(=O)CCCCCCCCCCCC/C=C\C/C=C\C/C=C\CCCCCCC)OC(=O)CCCCCCCCC/C=C\CCCCCCCC. The average molecular weight is 994 g/mol. The first-order valence-electron chi connectivity index (χ1n) is 30.8. The number of rotatable bonds is 56. The van der Waals surface area contributed by atoms with E-state index in [1.165, 1.54) is 199 Å². The van der Waals surface area contributed by atoms with Crippen LogP contribution in [0, 0.1) is 0 Å². The molecular weight excluding hydrogens is 877 g/mol. The van der Waals surface area contributed by atoms with E-state index in [0.717, 1.165) is 77.0 Å². The molecule has 0 aromatic rings. The van der Waals surface area contributed by atoms with E-state index >= 15 is 0 Å². The van der Waals surface area contributed by atoms with Gasteiger partial charge in [0.15, 0.2) is 6.10 Å². The van der Waals surface area contributed by atoms with Crippen molar-refractivity contribution in [3.8, 4) is 0 Å². The first-order chi connectivity index (χ1) is 35.0. The number of esters is 3. The molecule has 0 saturated carbocycles. The van der Waals surface area contributed by atoms with Crippen molar-refractivity contribution in [1.29, 1.82) is 0 Å². The number of unbranched alkanes of at least 4 members (excludes halogenated alkanes) is 35. The predicted octanol–water partition coefficient (Wildman–Crippen LogP) is 20.8. The number of ether oxygens (including phenoxy) is 3.